The Morgan fingerprint density at radius 1 is 1.21 bits per heavy atom. The Morgan fingerprint density at radius 3 is 2.57 bits per heavy atom. The molecule has 0 atom stereocenters. The molecule has 76 valence electrons. The normalized spacial score (nSPS) is 17.1. The molecule has 0 saturated carbocycles. The van der Waals surface area contributed by atoms with Gasteiger partial charge in [0.05, 0.1) is 0 Å². The molecule has 1 aromatic rings. The van der Waals surface area contributed by atoms with Gasteiger partial charge in [0.25, 0.3) is 0 Å². The summed E-state index contributed by atoms with van der Waals surface area (Å²) in [6, 6.07) is 2.18. The minimum atomic E-state index is 1.06. The van der Waals surface area contributed by atoms with Gasteiger partial charge >= 0.3 is 0 Å². The van der Waals surface area contributed by atoms with Gasteiger partial charge in [0.15, 0.2) is 0 Å². The second kappa shape index (κ2) is 3.96. The van der Waals surface area contributed by atoms with E-state index in [9.17, 15) is 0 Å². The molecular weight excluding hydrogens is 174 g/mol. The largest absolute Gasteiger partial charge is 0.354 e. The third-order valence-corrected chi connectivity index (χ3v) is 2.80. The number of hydrogen-bond donors (Lipinski definition) is 1. The molecule has 2 heterocycles. The highest BCUT2D eigenvalue weighted by atomic mass is 15.2. The van der Waals surface area contributed by atoms with Crippen molar-refractivity contribution in [2.24, 2.45) is 0 Å². The highest BCUT2D eigenvalue weighted by Gasteiger charge is 2.11. The van der Waals surface area contributed by atoms with Crippen molar-refractivity contribution in [3.63, 3.8) is 0 Å². The van der Waals surface area contributed by atoms with Crippen LogP contribution in [0.5, 0.6) is 0 Å². The van der Waals surface area contributed by atoms with E-state index in [1.54, 1.807) is 0 Å². The van der Waals surface area contributed by atoms with Gasteiger partial charge in [0.1, 0.15) is 5.82 Å². The number of hydrogen-bond acceptors (Lipinski definition) is 3. The third kappa shape index (κ3) is 1.87. The van der Waals surface area contributed by atoms with Crippen LogP contribution in [0.15, 0.2) is 12.3 Å². The topological polar surface area (TPSA) is 28.2 Å². The van der Waals surface area contributed by atoms with E-state index in [-0.39, 0.29) is 0 Å². The van der Waals surface area contributed by atoms with E-state index in [4.69, 9.17) is 0 Å². The zero-order chi connectivity index (χ0) is 9.97. The Kier molecular flexibility index (Phi) is 2.68. The summed E-state index contributed by atoms with van der Waals surface area (Å²) in [4.78, 5) is 6.80. The van der Waals surface area contributed by atoms with Crippen molar-refractivity contribution in [3.8, 4) is 0 Å². The van der Waals surface area contributed by atoms with E-state index in [1.165, 1.54) is 11.1 Å². The molecule has 1 aliphatic heterocycles. The number of nitrogens with one attached hydrogen (secondary N) is 1. The van der Waals surface area contributed by atoms with E-state index in [2.05, 4.69) is 35.1 Å². The number of anilines is 1. The summed E-state index contributed by atoms with van der Waals surface area (Å²) in [6.45, 7) is 8.50. The lowest BCUT2D eigenvalue weighted by Crippen LogP contribution is -2.43. The maximum atomic E-state index is 4.46. The molecule has 14 heavy (non-hydrogen) atoms. The summed E-state index contributed by atoms with van der Waals surface area (Å²) in [7, 11) is 0. The lowest BCUT2D eigenvalue weighted by molar-refractivity contribution is 0.585. The van der Waals surface area contributed by atoms with E-state index >= 15 is 0 Å². The highest BCUT2D eigenvalue weighted by Crippen LogP contribution is 2.15. The Balaban J connectivity index is 2.18. The summed E-state index contributed by atoms with van der Waals surface area (Å²) in [6.07, 6.45) is 1.96. The van der Waals surface area contributed by atoms with E-state index in [1.807, 2.05) is 6.20 Å². The quantitative estimate of drug-likeness (QED) is 0.720. The summed E-state index contributed by atoms with van der Waals surface area (Å²) >= 11 is 0. The van der Waals surface area contributed by atoms with Gasteiger partial charge in [-0.25, -0.2) is 4.98 Å². The predicted molar refractivity (Wildman–Crippen MR) is 58.8 cm³/mol. The summed E-state index contributed by atoms with van der Waals surface area (Å²) in [5, 5.41) is 3.34. The fraction of sp³-hybridized carbons (Fsp3) is 0.545. The van der Waals surface area contributed by atoms with E-state index < -0.39 is 0 Å². The van der Waals surface area contributed by atoms with Crippen LogP contribution >= 0.6 is 0 Å². The molecule has 1 saturated heterocycles. The highest BCUT2D eigenvalue weighted by molar-refractivity contribution is 5.43. The minimum absolute atomic E-state index is 1.06. The van der Waals surface area contributed by atoms with Crippen molar-refractivity contribution in [3.05, 3.63) is 23.4 Å². The van der Waals surface area contributed by atoms with Crippen LogP contribution in [-0.4, -0.2) is 31.2 Å². The summed E-state index contributed by atoms with van der Waals surface area (Å²) in [5.41, 5.74) is 2.59. The number of piperazine rings is 1. The summed E-state index contributed by atoms with van der Waals surface area (Å²) < 4.78 is 0. The fourth-order valence-electron chi connectivity index (χ4n) is 1.68. The molecular formula is C11H17N3. The van der Waals surface area contributed by atoms with Gasteiger partial charge in [-0.2, -0.15) is 0 Å². The van der Waals surface area contributed by atoms with Crippen LogP contribution in [0.4, 0.5) is 5.82 Å². The molecule has 0 spiro atoms. The lowest BCUT2D eigenvalue weighted by Gasteiger charge is -2.28. The first-order valence-corrected chi connectivity index (χ1v) is 5.16. The zero-order valence-electron chi connectivity index (χ0n) is 8.88. The van der Waals surface area contributed by atoms with Crippen molar-refractivity contribution in [2.45, 2.75) is 13.8 Å². The van der Waals surface area contributed by atoms with Crippen LogP contribution in [-0.2, 0) is 0 Å². The van der Waals surface area contributed by atoms with E-state index in [0.29, 0.717) is 0 Å². The molecule has 0 aliphatic carbocycles. The standard InChI is InChI=1S/C11H17N3/c1-9-7-11(13-8-10(9)2)14-5-3-12-4-6-14/h7-8,12H,3-6H2,1-2H3. The first-order valence-electron chi connectivity index (χ1n) is 5.16. The third-order valence-electron chi connectivity index (χ3n) is 2.80. The first kappa shape index (κ1) is 9.46. The second-order valence-corrected chi connectivity index (χ2v) is 3.86. The van der Waals surface area contributed by atoms with Crippen molar-refractivity contribution in [2.75, 3.05) is 31.1 Å². The van der Waals surface area contributed by atoms with Crippen LogP contribution in [0, 0.1) is 13.8 Å². The average Bonchev–Trinajstić information content (AvgIpc) is 2.23. The Hall–Kier alpha value is -1.09. The van der Waals surface area contributed by atoms with Gasteiger partial charge in [-0.3, -0.25) is 0 Å². The molecule has 2 rings (SSSR count). The first-order chi connectivity index (χ1) is 6.77. The molecule has 0 amide bonds. The van der Waals surface area contributed by atoms with Gasteiger partial charge in [0, 0.05) is 32.4 Å². The molecule has 0 bridgehead atoms. The molecule has 0 radical (unpaired) electrons. The maximum Gasteiger partial charge on any atom is 0.128 e. The molecule has 3 heteroatoms. The SMILES string of the molecule is Cc1cnc(N2CCNCC2)cc1C. The maximum absolute atomic E-state index is 4.46. The Morgan fingerprint density at radius 2 is 1.93 bits per heavy atom. The van der Waals surface area contributed by atoms with Crippen LogP contribution in [0.25, 0.3) is 0 Å². The minimum Gasteiger partial charge on any atom is -0.354 e. The van der Waals surface area contributed by atoms with Crippen LogP contribution in [0.3, 0.4) is 0 Å². The van der Waals surface area contributed by atoms with Gasteiger partial charge in [-0.05, 0) is 31.0 Å². The van der Waals surface area contributed by atoms with Crippen molar-refractivity contribution < 1.29 is 0 Å². The molecule has 1 fully saturated rings. The number of aromatic nitrogens is 1. The molecule has 0 unspecified atom stereocenters. The molecule has 1 aromatic heterocycles. The smallest absolute Gasteiger partial charge is 0.128 e. The Bertz CT molecular complexity index is 316. The van der Waals surface area contributed by atoms with Gasteiger partial charge in [0.2, 0.25) is 0 Å². The van der Waals surface area contributed by atoms with Crippen molar-refractivity contribution >= 4 is 5.82 Å². The van der Waals surface area contributed by atoms with Gasteiger partial charge in [-0.1, -0.05) is 0 Å². The Labute approximate surface area is 85.1 Å². The number of pyridine rings is 1. The molecule has 1 N–H and O–H groups in total. The summed E-state index contributed by atoms with van der Waals surface area (Å²) in [5.74, 6) is 1.12. The molecule has 1 aliphatic rings. The van der Waals surface area contributed by atoms with Crippen molar-refractivity contribution in [1.29, 1.82) is 0 Å². The van der Waals surface area contributed by atoms with Crippen LogP contribution in [0.2, 0.25) is 0 Å². The molecule has 0 aromatic carbocycles. The average molecular weight is 191 g/mol. The zero-order valence-corrected chi connectivity index (χ0v) is 8.88. The second-order valence-electron chi connectivity index (χ2n) is 3.86. The number of nitrogens with zero attached hydrogens (tertiary/aromatic N) is 2. The number of aryl methyl sites for hydroxylation is 2. The lowest BCUT2D eigenvalue weighted by atomic mass is 10.2. The van der Waals surface area contributed by atoms with Gasteiger partial charge < -0.3 is 10.2 Å². The molecule has 3 nitrogen and oxygen atoms in total. The van der Waals surface area contributed by atoms with Crippen LogP contribution in [0.1, 0.15) is 11.1 Å². The van der Waals surface area contributed by atoms with Crippen LogP contribution < -0.4 is 10.2 Å². The number of rotatable bonds is 1. The predicted octanol–water partition coefficient (Wildman–Crippen LogP) is 1.11. The fourth-order valence-corrected chi connectivity index (χ4v) is 1.68. The van der Waals surface area contributed by atoms with Crippen molar-refractivity contribution in [1.82, 2.24) is 10.3 Å². The van der Waals surface area contributed by atoms with Gasteiger partial charge in [-0.15, -0.1) is 0 Å². The van der Waals surface area contributed by atoms with E-state index in [0.717, 1.165) is 32.0 Å². The monoisotopic (exact) mass is 191 g/mol.